The molecule has 0 bridgehead atoms. The van der Waals surface area contributed by atoms with Gasteiger partial charge in [0.2, 0.25) is 0 Å². The second-order valence-corrected chi connectivity index (χ2v) is 3.67. The van der Waals surface area contributed by atoms with Crippen molar-refractivity contribution in [1.29, 1.82) is 0 Å². The summed E-state index contributed by atoms with van der Waals surface area (Å²) in [6.45, 7) is 0.843. The molecule has 16 heavy (non-hydrogen) atoms. The average Bonchev–Trinajstić information content (AvgIpc) is 2.28. The molecule has 0 aliphatic carbocycles. The van der Waals surface area contributed by atoms with Crippen molar-refractivity contribution in [2.45, 2.75) is 12.6 Å². The Hall–Kier alpha value is -1.26. The maximum atomic E-state index is 10.6. The number of carbonyl (C=O) groups excluding carboxylic acids is 1. The van der Waals surface area contributed by atoms with Crippen molar-refractivity contribution < 1.29 is 9.53 Å². The van der Waals surface area contributed by atoms with Gasteiger partial charge in [-0.2, -0.15) is 0 Å². The van der Waals surface area contributed by atoms with Crippen LogP contribution in [0.25, 0.3) is 0 Å². The minimum absolute atomic E-state index is 0.247. The van der Waals surface area contributed by atoms with Crippen LogP contribution in [0, 0.1) is 0 Å². The van der Waals surface area contributed by atoms with E-state index < -0.39 is 6.03 Å². The van der Waals surface area contributed by atoms with Crippen LogP contribution in [-0.2, 0) is 11.3 Å². The molecule has 0 aliphatic heterocycles. The standard InChI is InChI=1S/C11H15ClN2O2/c12-6-10(14-11(13)15)8-16-7-9-4-2-1-3-5-9/h1-5,10H,6-8H2,(H3,13,14,15). The molecule has 0 fully saturated rings. The Morgan fingerprint density at radius 2 is 2.12 bits per heavy atom. The van der Waals surface area contributed by atoms with Crippen molar-refractivity contribution in [3.8, 4) is 0 Å². The first-order valence-corrected chi connectivity index (χ1v) is 5.49. The highest BCUT2D eigenvalue weighted by atomic mass is 35.5. The van der Waals surface area contributed by atoms with Gasteiger partial charge >= 0.3 is 6.03 Å². The summed E-state index contributed by atoms with van der Waals surface area (Å²) in [5.74, 6) is 0.276. The van der Waals surface area contributed by atoms with Gasteiger partial charge in [-0.3, -0.25) is 0 Å². The predicted molar refractivity (Wildman–Crippen MR) is 63.3 cm³/mol. The van der Waals surface area contributed by atoms with Crippen LogP contribution in [0.15, 0.2) is 30.3 Å². The van der Waals surface area contributed by atoms with Gasteiger partial charge in [0, 0.05) is 5.88 Å². The molecule has 1 unspecified atom stereocenters. The first-order chi connectivity index (χ1) is 7.72. The lowest BCUT2D eigenvalue weighted by Crippen LogP contribution is -2.42. The Balaban J connectivity index is 2.26. The number of alkyl halides is 1. The van der Waals surface area contributed by atoms with Gasteiger partial charge in [-0.05, 0) is 5.56 Å². The van der Waals surface area contributed by atoms with Gasteiger partial charge in [0.1, 0.15) is 0 Å². The molecule has 5 heteroatoms. The highest BCUT2D eigenvalue weighted by molar-refractivity contribution is 6.18. The zero-order chi connectivity index (χ0) is 11.8. The van der Waals surface area contributed by atoms with Crippen molar-refractivity contribution >= 4 is 17.6 Å². The topological polar surface area (TPSA) is 64.4 Å². The van der Waals surface area contributed by atoms with E-state index in [1.807, 2.05) is 30.3 Å². The van der Waals surface area contributed by atoms with E-state index >= 15 is 0 Å². The van der Waals surface area contributed by atoms with Crippen LogP contribution in [0.2, 0.25) is 0 Å². The van der Waals surface area contributed by atoms with E-state index in [1.54, 1.807) is 0 Å². The van der Waals surface area contributed by atoms with Gasteiger partial charge in [0.25, 0.3) is 0 Å². The Morgan fingerprint density at radius 3 is 2.69 bits per heavy atom. The summed E-state index contributed by atoms with van der Waals surface area (Å²) in [6.07, 6.45) is 0. The van der Waals surface area contributed by atoms with E-state index in [9.17, 15) is 4.79 Å². The molecule has 1 aromatic carbocycles. The van der Waals surface area contributed by atoms with Crippen molar-refractivity contribution in [2.75, 3.05) is 12.5 Å². The third-order valence-corrected chi connectivity index (χ3v) is 2.34. The first-order valence-electron chi connectivity index (χ1n) is 4.96. The second kappa shape index (κ2) is 7.09. The minimum Gasteiger partial charge on any atom is -0.375 e. The molecule has 1 rings (SSSR count). The lowest BCUT2D eigenvalue weighted by molar-refractivity contribution is 0.105. The molecule has 0 saturated carbocycles. The zero-order valence-electron chi connectivity index (χ0n) is 8.86. The number of primary amides is 1. The van der Waals surface area contributed by atoms with Crippen LogP contribution >= 0.6 is 11.6 Å². The number of ether oxygens (including phenoxy) is 1. The largest absolute Gasteiger partial charge is 0.375 e. The molecular weight excluding hydrogens is 228 g/mol. The fraction of sp³-hybridized carbons (Fsp3) is 0.364. The lowest BCUT2D eigenvalue weighted by atomic mass is 10.2. The quantitative estimate of drug-likeness (QED) is 0.743. The van der Waals surface area contributed by atoms with Gasteiger partial charge in [0.15, 0.2) is 0 Å². The highest BCUT2D eigenvalue weighted by Crippen LogP contribution is 2.01. The third kappa shape index (κ3) is 5.00. The van der Waals surface area contributed by atoms with Crippen LogP contribution < -0.4 is 11.1 Å². The summed E-state index contributed by atoms with van der Waals surface area (Å²) in [5, 5.41) is 2.50. The summed E-state index contributed by atoms with van der Waals surface area (Å²) < 4.78 is 5.42. The predicted octanol–water partition coefficient (Wildman–Crippen LogP) is 1.48. The number of carbonyl (C=O) groups is 1. The first kappa shape index (κ1) is 12.8. The van der Waals surface area contributed by atoms with Crippen molar-refractivity contribution in [2.24, 2.45) is 5.73 Å². The van der Waals surface area contributed by atoms with E-state index in [2.05, 4.69) is 5.32 Å². The zero-order valence-corrected chi connectivity index (χ0v) is 9.61. The summed E-state index contributed by atoms with van der Waals surface area (Å²) in [5.41, 5.74) is 6.07. The monoisotopic (exact) mass is 242 g/mol. The fourth-order valence-electron chi connectivity index (χ4n) is 1.22. The van der Waals surface area contributed by atoms with Crippen LogP contribution in [0.5, 0.6) is 0 Å². The number of rotatable bonds is 6. The number of nitrogens with two attached hydrogens (primary N) is 1. The molecule has 2 amide bonds. The summed E-state index contributed by atoms with van der Waals surface area (Å²) in [7, 11) is 0. The summed E-state index contributed by atoms with van der Waals surface area (Å²) in [6, 6.07) is 8.93. The van der Waals surface area contributed by atoms with Crippen LogP contribution in [0.3, 0.4) is 0 Å². The summed E-state index contributed by atoms with van der Waals surface area (Å²) in [4.78, 5) is 10.6. The van der Waals surface area contributed by atoms with Crippen LogP contribution in [0.1, 0.15) is 5.56 Å². The molecule has 0 spiro atoms. The normalized spacial score (nSPS) is 12.1. The molecule has 0 saturated heterocycles. The maximum Gasteiger partial charge on any atom is 0.312 e. The van der Waals surface area contributed by atoms with Gasteiger partial charge < -0.3 is 15.8 Å². The van der Waals surface area contributed by atoms with Gasteiger partial charge in [-0.1, -0.05) is 30.3 Å². The number of benzene rings is 1. The van der Waals surface area contributed by atoms with Crippen molar-refractivity contribution in [3.63, 3.8) is 0 Å². The molecule has 0 aliphatic rings. The molecule has 3 N–H and O–H groups in total. The average molecular weight is 243 g/mol. The highest BCUT2D eigenvalue weighted by Gasteiger charge is 2.08. The SMILES string of the molecule is NC(=O)NC(CCl)COCc1ccccc1. The number of hydrogen-bond acceptors (Lipinski definition) is 2. The van der Waals surface area contributed by atoms with Gasteiger partial charge in [-0.25, -0.2) is 4.79 Å². The van der Waals surface area contributed by atoms with Gasteiger partial charge in [-0.15, -0.1) is 11.6 Å². The maximum absolute atomic E-state index is 10.6. The molecule has 0 heterocycles. The summed E-state index contributed by atoms with van der Waals surface area (Å²) >= 11 is 5.64. The number of nitrogens with one attached hydrogen (secondary N) is 1. The molecular formula is C11H15ClN2O2. The van der Waals surface area contributed by atoms with E-state index in [1.165, 1.54) is 0 Å². The number of urea groups is 1. The second-order valence-electron chi connectivity index (χ2n) is 3.36. The van der Waals surface area contributed by atoms with E-state index in [0.717, 1.165) is 5.56 Å². The third-order valence-electron chi connectivity index (χ3n) is 1.96. The van der Waals surface area contributed by atoms with Crippen LogP contribution in [0.4, 0.5) is 4.79 Å². The molecule has 0 aromatic heterocycles. The minimum atomic E-state index is -0.589. The van der Waals surface area contributed by atoms with Gasteiger partial charge in [0.05, 0.1) is 19.3 Å². The molecule has 1 atom stereocenters. The number of amides is 2. The molecule has 1 aromatic rings. The Labute approximate surface area is 99.7 Å². The van der Waals surface area contributed by atoms with Crippen molar-refractivity contribution in [1.82, 2.24) is 5.32 Å². The lowest BCUT2D eigenvalue weighted by Gasteiger charge is -2.14. The molecule has 4 nitrogen and oxygen atoms in total. The van der Waals surface area contributed by atoms with Crippen molar-refractivity contribution in [3.05, 3.63) is 35.9 Å². The van der Waals surface area contributed by atoms with E-state index in [4.69, 9.17) is 22.1 Å². The number of halogens is 1. The fourth-order valence-corrected chi connectivity index (χ4v) is 1.39. The number of hydrogen-bond donors (Lipinski definition) is 2. The van der Waals surface area contributed by atoms with E-state index in [-0.39, 0.29) is 11.9 Å². The molecule has 88 valence electrons. The Morgan fingerprint density at radius 1 is 1.44 bits per heavy atom. The molecule has 0 radical (unpaired) electrons. The Bertz CT molecular complexity index is 319. The van der Waals surface area contributed by atoms with E-state index in [0.29, 0.717) is 13.2 Å². The smallest absolute Gasteiger partial charge is 0.312 e. The Kier molecular flexibility index (Phi) is 5.67. The van der Waals surface area contributed by atoms with Crippen LogP contribution in [-0.4, -0.2) is 24.6 Å².